The van der Waals surface area contributed by atoms with Crippen LogP contribution in [0.5, 0.6) is 5.75 Å². The van der Waals surface area contributed by atoms with E-state index in [1.54, 1.807) is 0 Å². The number of hydrogen-bond acceptors (Lipinski definition) is 3. The molecule has 1 aromatic carbocycles. The number of Topliss-reactive ketones (excluding diaryl/α,β-unsaturated/α-hetero) is 1. The van der Waals surface area contributed by atoms with Crippen molar-refractivity contribution in [3.63, 3.8) is 0 Å². The SMILES string of the molecule is COc1c(F)ccc(C#N)c1C(C)=O. The van der Waals surface area contributed by atoms with Crippen molar-refractivity contribution < 1.29 is 13.9 Å². The highest BCUT2D eigenvalue weighted by Crippen LogP contribution is 2.25. The topological polar surface area (TPSA) is 50.1 Å². The molecule has 3 nitrogen and oxygen atoms in total. The fourth-order valence-electron chi connectivity index (χ4n) is 1.20. The molecular weight excluding hydrogens is 185 g/mol. The van der Waals surface area contributed by atoms with Gasteiger partial charge in [0.05, 0.1) is 18.2 Å². The summed E-state index contributed by atoms with van der Waals surface area (Å²) in [6.45, 7) is 1.26. The Morgan fingerprint density at radius 3 is 2.64 bits per heavy atom. The Hall–Kier alpha value is -1.89. The molecule has 0 aliphatic heterocycles. The molecule has 14 heavy (non-hydrogen) atoms. The van der Waals surface area contributed by atoms with Gasteiger partial charge in [0.1, 0.15) is 6.07 Å². The van der Waals surface area contributed by atoms with Gasteiger partial charge in [-0.1, -0.05) is 0 Å². The highest BCUT2D eigenvalue weighted by molar-refractivity contribution is 5.99. The number of carbonyl (C=O) groups is 1. The summed E-state index contributed by atoms with van der Waals surface area (Å²) in [6, 6.07) is 4.17. The van der Waals surface area contributed by atoms with E-state index in [1.807, 2.05) is 6.07 Å². The molecule has 0 fully saturated rings. The predicted octanol–water partition coefficient (Wildman–Crippen LogP) is 1.91. The monoisotopic (exact) mass is 193 g/mol. The van der Waals surface area contributed by atoms with E-state index in [1.165, 1.54) is 20.1 Å². The number of nitriles is 1. The lowest BCUT2D eigenvalue weighted by atomic mass is 10.0. The van der Waals surface area contributed by atoms with Gasteiger partial charge in [-0.2, -0.15) is 5.26 Å². The van der Waals surface area contributed by atoms with Crippen LogP contribution in [0.2, 0.25) is 0 Å². The number of rotatable bonds is 2. The molecule has 72 valence electrons. The van der Waals surface area contributed by atoms with Gasteiger partial charge < -0.3 is 4.74 Å². The second-order valence-electron chi connectivity index (χ2n) is 2.67. The lowest BCUT2D eigenvalue weighted by molar-refractivity contribution is 0.101. The highest BCUT2D eigenvalue weighted by Gasteiger charge is 2.17. The summed E-state index contributed by atoms with van der Waals surface area (Å²) in [5.74, 6) is -1.20. The largest absolute Gasteiger partial charge is 0.493 e. The summed E-state index contributed by atoms with van der Waals surface area (Å²) in [4.78, 5) is 11.2. The lowest BCUT2D eigenvalue weighted by Gasteiger charge is -2.07. The van der Waals surface area contributed by atoms with Crippen LogP contribution in [-0.2, 0) is 0 Å². The Morgan fingerprint density at radius 2 is 2.21 bits per heavy atom. The Balaban J connectivity index is 3.54. The van der Waals surface area contributed by atoms with Crippen molar-refractivity contribution in [3.05, 3.63) is 29.1 Å². The zero-order chi connectivity index (χ0) is 10.7. The van der Waals surface area contributed by atoms with Crippen molar-refractivity contribution in [2.24, 2.45) is 0 Å². The quantitative estimate of drug-likeness (QED) is 0.674. The second kappa shape index (κ2) is 3.88. The van der Waals surface area contributed by atoms with E-state index in [9.17, 15) is 9.18 Å². The van der Waals surface area contributed by atoms with Gasteiger partial charge in [0.15, 0.2) is 17.3 Å². The number of benzene rings is 1. The van der Waals surface area contributed by atoms with Gasteiger partial charge in [0.25, 0.3) is 0 Å². The lowest BCUT2D eigenvalue weighted by Crippen LogP contribution is -2.03. The van der Waals surface area contributed by atoms with Crippen LogP contribution in [0, 0.1) is 17.1 Å². The zero-order valence-electron chi connectivity index (χ0n) is 7.80. The van der Waals surface area contributed by atoms with Crippen LogP contribution in [-0.4, -0.2) is 12.9 Å². The Kier molecular flexibility index (Phi) is 2.82. The number of hydrogen-bond donors (Lipinski definition) is 0. The molecule has 0 aliphatic rings. The fraction of sp³-hybridized carbons (Fsp3) is 0.200. The number of halogens is 1. The molecule has 0 radical (unpaired) electrons. The van der Waals surface area contributed by atoms with Crippen molar-refractivity contribution in [3.8, 4) is 11.8 Å². The number of methoxy groups -OCH3 is 1. The zero-order valence-corrected chi connectivity index (χ0v) is 7.80. The Morgan fingerprint density at radius 1 is 1.57 bits per heavy atom. The van der Waals surface area contributed by atoms with Crippen LogP contribution >= 0.6 is 0 Å². The Labute approximate surface area is 80.7 Å². The van der Waals surface area contributed by atoms with Crippen LogP contribution in [0.15, 0.2) is 12.1 Å². The molecule has 0 saturated carbocycles. The maximum atomic E-state index is 13.1. The average molecular weight is 193 g/mol. The van der Waals surface area contributed by atoms with Gasteiger partial charge in [-0.05, 0) is 19.1 Å². The van der Waals surface area contributed by atoms with Gasteiger partial charge in [0.2, 0.25) is 0 Å². The summed E-state index contributed by atoms with van der Waals surface area (Å²) < 4.78 is 17.9. The van der Waals surface area contributed by atoms with Crippen molar-refractivity contribution >= 4 is 5.78 Å². The normalized spacial score (nSPS) is 9.29. The first-order valence-electron chi connectivity index (χ1n) is 3.89. The summed E-state index contributed by atoms with van der Waals surface area (Å²) in [5, 5.41) is 8.70. The Bertz CT molecular complexity index is 421. The van der Waals surface area contributed by atoms with E-state index in [-0.39, 0.29) is 16.9 Å². The smallest absolute Gasteiger partial charge is 0.166 e. The number of carbonyl (C=O) groups excluding carboxylic acids is 1. The standard InChI is InChI=1S/C10H8FNO2/c1-6(13)9-7(5-12)3-4-8(11)10(9)14-2/h3-4H,1-2H3. The summed E-state index contributed by atoms with van der Waals surface area (Å²) in [5.41, 5.74) is 0.116. The molecule has 0 bridgehead atoms. The molecule has 0 heterocycles. The van der Waals surface area contributed by atoms with E-state index in [0.29, 0.717) is 0 Å². The van der Waals surface area contributed by atoms with Gasteiger partial charge in [-0.25, -0.2) is 4.39 Å². The van der Waals surface area contributed by atoms with Gasteiger partial charge in [-0.3, -0.25) is 4.79 Å². The second-order valence-corrected chi connectivity index (χ2v) is 2.67. The van der Waals surface area contributed by atoms with Crippen LogP contribution in [0.25, 0.3) is 0 Å². The molecule has 0 aromatic heterocycles. The molecule has 0 spiro atoms. The minimum Gasteiger partial charge on any atom is -0.493 e. The van der Waals surface area contributed by atoms with E-state index in [0.717, 1.165) is 6.07 Å². The van der Waals surface area contributed by atoms with Crippen molar-refractivity contribution in [2.75, 3.05) is 7.11 Å². The third-order valence-corrected chi connectivity index (χ3v) is 1.79. The first kappa shape index (κ1) is 10.2. The first-order valence-corrected chi connectivity index (χ1v) is 3.89. The maximum Gasteiger partial charge on any atom is 0.166 e. The highest BCUT2D eigenvalue weighted by atomic mass is 19.1. The molecule has 0 N–H and O–H groups in total. The maximum absolute atomic E-state index is 13.1. The minimum absolute atomic E-state index is 0.00463. The van der Waals surface area contributed by atoms with Crippen LogP contribution in [0.3, 0.4) is 0 Å². The van der Waals surface area contributed by atoms with Crippen molar-refractivity contribution in [2.45, 2.75) is 6.92 Å². The fourth-order valence-corrected chi connectivity index (χ4v) is 1.20. The van der Waals surface area contributed by atoms with Crippen LogP contribution in [0.4, 0.5) is 4.39 Å². The molecule has 1 aromatic rings. The molecule has 0 saturated heterocycles. The molecule has 4 heteroatoms. The van der Waals surface area contributed by atoms with Crippen LogP contribution in [0.1, 0.15) is 22.8 Å². The van der Waals surface area contributed by atoms with Gasteiger partial charge >= 0.3 is 0 Å². The molecular formula is C10H8FNO2. The summed E-state index contributed by atoms with van der Waals surface area (Å²) in [7, 11) is 1.26. The summed E-state index contributed by atoms with van der Waals surface area (Å²) >= 11 is 0. The number of ether oxygens (including phenoxy) is 1. The van der Waals surface area contributed by atoms with E-state index in [4.69, 9.17) is 10.00 Å². The summed E-state index contributed by atoms with van der Waals surface area (Å²) in [6.07, 6.45) is 0. The predicted molar refractivity (Wildman–Crippen MR) is 47.7 cm³/mol. The first-order chi connectivity index (χ1) is 6.61. The van der Waals surface area contributed by atoms with E-state index < -0.39 is 11.6 Å². The molecule has 0 atom stereocenters. The van der Waals surface area contributed by atoms with Gasteiger partial charge in [-0.15, -0.1) is 0 Å². The van der Waals surface area contributed by atoms with Gasteiger partial charge in [0, 0.05) is 0 Å². The molecule has 1 rings (SSSR count). The molecule has 0 amide bonds. The third kappa shape index (κ3) is 1.57. The van der Waals surface area contributed by atoms with Crippen molar-refractivity contribution in [1.82, 2.24) is 0 Å². The van der Waals surface area contributed by atoms with Crippen molar-refractivity contribution in [1.29, 1.82) is 5.26 Å². The van der Waals surface area contributed by atoms with E-state index in [2.05, 4.69) is 0 Å². The third-order valence-electron chi connectivity index (χ3n) is 1.79. The minimum atomic E-state index is -0.642. The van der Waals surface area contributed by atoms with Crippen LogP contribution < -0.4 is 4.74 Å². The molecule has 0 unspecified atom stereocenters. The molecule has 0 aliphatic carbocycles. The number of ketones is 1. The average Bonchev–Trinajstić information content (AvgIpc) is 2.17. The van der Waals surface area contributed by atoms with E-state index >= 15 is 0 Å². The number of nitrogens with zero attached hydrogens (tertiary/aromatic N) is 1.